The summed E-state index contributed by atoms with van der Waals surface area (Å²) < 4.78 is 0. The molecule has 2 rings (SSSR count). The number of rotatable bonds is 6. The topological polar surface area (TPSA) is 191 Å². The van der Waals surface area contributed by atoms with Gasteiger partial charge in [-0.05, 0) is 12.8 Å². The summed E-state index contributed by atoms with van der Waals surface area (Å²) in [6.07, 6.45) is 0.0105. The zero-order valence-corrected chi connectivity index (χ0v) is 12.3. The number of imide groups is 2. The Morgan fingerprint density at radius 1 is 0.750 bits per heavy atom. The molecule has 0 saturated carbocycles. The largest absolute Gasteiger partial charge is 0.481 e. The molecule has 132 valence electrons. The summed E-state index contributed by atoms with van der Waals surface area (Å²) in [5.41, 5.74) is 0. The van der Waals surface area contributed by atoms with Gasteiger partial charge in [0, 0.05) is 12.8 Å². The molecule has 24 heavy (non-hydrogen) atoms. The van der Waals surface area contributed by atoms with Crippen molar-refractivity contribution in [2.24, 2.45) is 0 Å². The van der Waals surface area contributed by atoms with Crippen LogP contribution in [0.1, 0.15) is 25.7 Å². The number of carboxylic acid groups (broad SMARTS) is 2. The molecule has 6 amide bonds. The maximum atomic E-state index is 10.8. The number of hydrogen-bond donors (Lipinski definition) is 6. The van der Waals surface area contributed by atoms with Crippen molar-refractivity contribution in [2.75, 3.05) is 0 Å². The van der Waals surface area contributed by atoms with E-state index in [0.717, 1.165) is 0 Å². The van der Waals surface area contributed by atoms with Crippen LogP contribution in [0.5, 0.6) is 0 Å². The highest BCUT2D eigenvalue weighted by molar-refractivity contribution is 6.04. The lowest BCUT2D eigenvalue weighted by Crippen LogP contribution is -2.29. The van der Waals surface area contributed by atoms with Gasteiger partial charge in [-0.25, -0.2) is 9.59 Å². The fourth-order valence-electron chi connectivity index (χ4n) is 1.86. The fourth-order valence-corrected chi connectivity index (χ4v) is 1.86. The third-order valence-electron chi connectivity index (χ3n) is 3.01. The van der Waals surface area contributed by atoms with Gasteiger partial charge in [-0.3, -0.25) is 29.8 Å². The first kappa shape index (κ1) is 18.9. The van der Waals surface area contributed by atoms with Gasteiger partial charge in [-0.2, -0.15) is 0 Å². The predicted octanol–water partition coefficient (Wildman–Crippen LogP) is -1.88. The number of hydrogen-bond acceptors (Lipinski definition) is 6. The van der Waals surface area contributed by atoms with E-state index in [-0.39, 0.29) is 25.7 Å². The van der Waals surface area contributed by atoms with Crippen molar-refractivity contribution in [1.82, 2.24) is 21.3 Å². The molecule has 0 bridgehead atoms. The van der Waals surface area contributed by atoms with Crippen LogP contribution in [0.2, 0.25) is 0 Å². The van der Waals surface area contributed by atoms with Crippen LogP contribution in [-0.2, 0) is 19.2 Å². The number of carbonyl (C=O) groups excluding carboxylic acids is 4. The average Bonchev–Trinajstić information content (AvgIpc) is 2.96. The molecular weight excluding hydrogens is 328 g/mol. The third kappa shape index (κ3) is 6.29. The summed E-state index contributed by atoms with van der Waals surface area (Å²) in [4.78, 5) is 62.9. The lowest BCUT2D eigenvalue weighted by Gasteiger charge is -2.02. The first-order chi connectivity index (χ1) is 11.2. The van der Waals surface area contributed by atoms with Crippen LogP contribution in [-0.4, -0.2) is 58.1 Å². The normalized spacial score (nSPS) is 21.8. The molecule has 2 aliphatic rings. The van der Waals surface area contributed by atoms with E-state index in [1.54, 1.807) is 0 Å². The number of nitrogens with one attached hydrogen (secondary N) is 4. The molecule has 0 aromatic heterocycles. The van der Waals surface area contributed by atoms with Crippen LogP contribution in [0.4, 0.5) is 9.59 Å². The molecule has 2 saturated heterocycles. The van der Waals surface area contributed by atoms with Gasteiger partial charge < -0.3 is 20.8 Å². The van der Waals surface area contributed by atoms with Crippen molar-refractivity contribution in [2.45, 2.75) is 37.8 Å². The Kier molecular flexibility index (Phi) is 6.64. The van der Waals surface area contributed by atoms with E-state index in [1.807, 2.05) is 10.6 Å². The van der Waals surface area contributed by atoms with E-state index >= 15 is 0 Å². The highest BCUT2D eigenvalue weighted by Crippen LogP contribution is 2.02. The van der Waals surface area contributed by atoms with E-state index in [4.69, 9.17) is 10.2 Å². The first-order valence-corrected chi connectivity index (χ1v) is 6.85. The smallest absolute Gasteiger partial charge is 0.322 e. The quantitative estimate of drug-likeness (QED) is 0.301. The van der Waals surface area contributed by atoms with Crippen molar-refractivity contribution in [3.05, 3.63) is 0 Å². The molecular formula is C12H16N4O8. The summed E-state index contributed by atoms with van der Waals surface area (Å²) in [5, 5.41) is 25.2. The van der Waals surface area contributed by atoms with Gasteiger partial charge in [-0.1, -0.05) is 0 Å². The molecule has 2 heterocycles. The maximum Gasteiger partial charge on any atom is 0.322 e. The van der Waals surface area contributed by atoms with Crippen LogP contribution >= 0.6 is 0 Å². The number of carboxylic acids is 2. The summed E-state index contributed by atoms with van der Waals surface area (Å²) in [5.74, 6) is -2.88. The van der Waals surface area contributed by atoms with Gasteiger partial charge in [0.1, 0.15) is 12.1 Å². The minimum absolute atomic E-state index is 0.127. The second kappa shape index (κ2) is 8.45. The molecule has 0 aromatic rings. The summed E-state index contributed by atoms with van der Waals surface area (Å²) in [6, 6.07) is -2.49. The monoisotopic (exact) mass is 344 g/mol. The second-order valence-electron chi connectivity index (χ2n) is 4.90. The molecule has 0 aromatic carbocycles. The molecule has 2 atom stereocenters. The summed E-state index contributed by atoms with van der Waals surface area (Å²) >= 11 is 0. The van der Waals surface area contributed by atoms with E-state index in [9.17, 15) is 28.8 Å². The zero-order valence-electron chi connectivity index (χ0n) is 12.3. The van der Waals surface area contributed by atoms with Gasteiger partial charge in [0.2, 0.25) is 0 Å². The molecule has 2 aliphatic heterocycles. The number of carbonyl (C=O) groups is 6. The van der Waals surface area contributed by atoms with E-state index in [2.05, 4.69) is 10.6 Å². The first-order valence-electron chi connectivity index (χ1n) is 6.85. The molecule has 0 aliphatic carbocycles. The SMILES string of the molecule is O=C(O)CC[C@@H]1NC(=O)NC1=O.O=C(O)CC[C@@H]1NC(=O)NC1=O. The fraction of sp³-hybridized carbons (Fsp3) is 0.500. The Morgan fingerprint density at radius 2 is 1.08 bits per heavy atom. The number of urea groups is 2. The minimum atomic E-state index is -0.982. The molecule has 12 heteroatoms. The maximum absolute atomic E-state index is 10.8. The standard InChI is InChI=1S/2C6H8N2O4/c2*9-4(10)2-1-3-5(11)8-6(12)7-3/h2*3H,1-2H2,(H,9,10)(H2,7,8,11,12)/t2*3-/m00/s1. The number of amides is 6. The second-order valence-corrected chi connectivity index (χ2v) is 4.90. The Labute approximate surface area is 135 Å². The molecule has 6 N–H and O–H groups in total. The zero-order chi connectivity index (χ0) is 18.3. The van der Waals surface area contributed by atoms with Crippen molar-refractivity contribution in [3.63, 3.8) is 0 Å². The van der Waals surface area contributed by atoms with Crippen LogP contribution in [0, 0.1) is 0 Å². The molecule has 12 nitrogen and oxygen atoms in total. The van der Waals surface area contributed by atoms with Crippen molar-refractivity contribution < 1.29 is 39.0 Å². The highest BCUT2D eigenvalue weighted by Gasteiger charge is 2.30. The Hall–Kier alpha value is -3.18. The highest BCUT2D eigenvalue weighted by atomic mass is 16.4. The van der Waals surface area contributed by atoms with Crippen LogP contribution in [0.25, 0.3) is 0 Å². The minimum Gasteiger partial charge on any atom is -0.481 e. The lowest BCUT2D eigenvalue weighted by molar-refractivity contribution is -0.138. The van der Waals surface area contributed by atoms with E-state index in [0.29, 0.717) is 0 Å². The van der Waals surface area contributed by atoms with Gasteiger partial charge in [-0.15, -0.1) is 0 Å². The van der Waals surface area contributed by atoms with E-state index < -0.39 is 47.9 Å². The predicted molar refractivity (Wildman–Crippen MR) is 74.7 cm³/mol. The summed E-state index contributed by atoms with van der Waals surface area (Å²) in [7, 11) is 0. The summed E-state index contributed by atoms with van der Waals surface area (Å²) in [6.45, 7) is 0. The van der Waals surface area contributed by atoms with Gasteiger partial charge in [0.05, 0.1) is 0 Å². The average molecular weight is 344 g/mol. The van der Waals surface area contributed by atoms with Crippen LogP contribution in [0.3, 0.4) is 0 Å². The third-order valence-corrected chi connectivity index (χ3v) is 3.01. The lowest BCUT2D eigenvalue weighted by atomic mass is 10.1. The molecule has 0 spiro atoms. The van der Waals surface area contributed by atoms with Gasteiger partial charge in [0.25, 0.3) is 11.8 Å². The van der Waals surface area contributed by atoms with Crippen LogP contribution < -0.4 is 21.3 Å². The Bertz CT molecular complexity index is 525. The van der Waals surface area contributed by atoms with Crippen molar-refractivity contribution >= 4 is 35.8 Å². The van der Waals surface area contributed by atoms with Crippen molar-refractivity contribution in [1.29, 1.82) is 0 Å². The van der Waals surface area contributed by atoms with Crippen molar-refractivity contribution in [3.8, 4) is 0 Å². The number of aliphatic carboxylic acids is 2. The Morgan fingerprint density at radius 3 is 1.29 bits per heavy atom. The van der Waals surface area contributed by atoms with Gasteiger partial charge >= 0.3 is 24.0 Å². The Balaban J connectivity index is 0.000000240. The molecule has 0 unspecified atom stereocenters. The van der Waals surface area contributed by atoms with Gasteiger partial charge in [0.15, 0.2) is 0 Å². The molecule has 0 radical (unpaired) electrons. The van der Waals surface area contributed by atoms with Crippen LogP contribution in [0.15, 0.2) is 0 Å². The van der Waals surface area contributed by atoms with E-state index in [1.165, 1.54) is 0 Å². The molecule has 2 fully saturated rings.